The van der Waals surface area contributed by atoms with Crippen LogP contribution >= 0.6 is 0 Å². The van der Waals surface area contributed by atoms with Gasteiger partial charge in [0.15, 0.2) is 0 Å². The van der Waals surface area contributed by atoms with E-state index in [-0.39, 0.29) is 30.4 Å². The second-order valence-electron chi connectivity index (χ2n) is 7.69. The number of halogens is 2. The first kappa shape index (κ1) is 22.4. The second kappa shape index (κ2) is 8.99. The van der Waals surface area contributed by atoms with Crippen LogP contribution in [0.4, 0.5) is 8.78 Å². The van der Waals surface area contributed by atoms with Crippen molar-refractivity contribution in [1.29, 1.82) is 0 Å². The van der Waals surface area contributed by atoms with E-state index in [1.54, 1.807) is 13.0 Å². The Morgan fingerprint density at radius 1 is 1.09 bits per heavy atom. The highest BCUT2D eigenvalue weighted by Gasteiger charge is 2.32. The monoisotopic (exact) mass is 462 g/mol. The van der Waals surface area contributed by atoms with Crippen molar-refractivity contribution >= 4 is 26.9 Å². The lowest BCUT2D eigenvalue weighted by molar-refractivity contribution is -0.143. The van der Waals surface area contributed by atoms with Crippen LogP contribution in [0.3, 0.4) is 0 Å². The number of ether oxygens (including phenoxy) is 1. The van der Waals surface area contributed by atoms with Crippen LogP contribution in [-0.4, -0.2) is 36.4 Å². The predicted octanol–water partition coefficient (Wildman–Crippen LogP) is 4.01. The van der Waals surface area contributed by atoms with Crippen molar-refractivity contribution < 1.29 is 26.7 Å². The largest absolute Gasteiger partial charge is 0.466 e. The summed E-state index contributed by atoms with van der Waals surface area (Å²) in [6.45, 7) is 2.98. The highest BCUT2D eigenvalue weighted by Crippen LogP contribution is 2.34. The van der Waals surface area contributed by atoms with Crippen molar-refractivity contribution in [3.8, 4) is 0 Å². The SMILES string of the molecule is CCOC(=O)CCCn1c2c(c3cc(F)ccc31)CN(S(=O)(=O)c1ccc(F)cc1)CC2. The van der Waals surface area contributed by atoms with Crippen molar-refractivity contribution in [1.82, 2.24) is 8.87 Å². The van der Waals surface area contributed by atoms with E-state index < -0.39 is 21.7 Å². The van der Waals surface area contributed by atoms with Crippen molar-refractivity contribution in [2.24, 2.45) is 0 Å². The molecule has 0 radical (unpaired) electrons. The van der Waals surface area contributed by atoms with Gasteiger partial charge in [0.05, 0.1) is 11.5 Å². The highest BCUT2D eigenvalue weighted by atomic mass is 32.2. The quantitative estimate of drug-likeness (QED) is 0.498. The summed E-state index contributed by atoms with van der Waals surface area (Å²) >= 11 is 0. The molecule has 2 aromatic carbocycles. The third kappa shape index (κ3) is 4.27. The lowest BCUT2D eigenvalue weighted by Gasteiger charge is -2.27. The number of nitrogens with zero attached hydrogens (tertiary/aromatic N) is 2. The molecule has 170 valence electrons. The summed E-state index contributed by atoms with van der Waals surface area (Å²) in [6.07, 6.45) is 1.28. The summed E-state index contributed by atoms with van der Waals surface area (Å²) in [7, 11) is -3.82. The van der Waals surface area contributed by atoms with Gasteiger partial charge in [-0.2, -0.15) is 4.31 Å². The maximum atomic E-state index is 14.1. The Hall–Kier alpha value is -2.78. The average molecular weight is 463 g/mol. The Bertz CT molecular complexity index is 1250. The van der Waals surface area contributed by atoms with E-state index in [9.17, 15) is 22.0 Å². The van der Waals surface area contributed by atoms with Gasteiger partial charge in [0, 0.05) is 49.1 Å². The van der Waals surface area contributed by atoms with Crippen LogP contribution in [0.5, 0.6) is 0 Å². The Morgan fingerprint density at radius 3 is 2.53 bits per heavy atom. The van der Waals surface area contributed by atoms with E-state index in [0.29, 0.717) is 31.4 Å². The number of rotatable bonds is 7. The number of fused-ring (bicyclic) bond motifs is 3. The van der Waals surface area contributed by atoms with Gasteiger partial charge >= 0.3 is 5.97 Å². The van der Waals surface area contributed by atoms with Crippen LogP contribution in [0.15, 0.2) is 47.4 Å². The highest BCUT2D eigenvalue weighted by molar-refractivity contribution is 7.89. The molecule has 4 rings (SSSR count). The minimum atomic E-state index is -3.82. The summed E-state index contributed by atoms with van der Waals surface area (Å²) in [5.41, 5.74) is 2.51. The molecule has 1 aliphatic heterocycles. The maximum absolute atomic E-state index is 14.1. The first-order chi connectivity index (χ1) is 15.3. The standard InChI is InChI=1S/C23H24F2N2O4S/c1-2-31-23(28)4-3-12-27-21-10-7-17(25)14-19(21)20-15-26(13-11-22(20)27)32(29,30)18-8-5-16(24)6-9-18/h5-10,14H,2-4,11-13,15H2,1H3. The van der Waals surface area contributed by atoms with Crippen molar-refractivity contribution in [3.05, 3.63) is 65.4 Å². The predicted molar refractivity (Wildman–Crippen MR) is 115 cm³/mol. The number of hydrogen-bond acceptors (Lipinski definition) is 4. The molecule has 0 fully saturated rings. The molecule has 32 heavy (non-hydrogen) atoms. The molecule has 0 atom stereocenters. The average Bonchev–Trinajstić information content (AvgIpc) is 3.06. The number of aromatic nitrogens is 1. The van der Waals surface area contributed by atoms with Crippen LogP contribution in [0.25, 0.3) is 10.9 Å². The van der Waals surface area contributed by atoms with E-state index in [1.807, 2.05) is 4.57 Å². The zero-order valence-corrected chi connectivity index (χ0v) is 18.5. The zero-order chi connectivity index (χ0) is 22.9. The molecule has 1 aliphatic rings. The van der Waals surface area contributed by atoms with Crippen LogP contribution in [0.1, 0.15) is 31.0 Å². The van der Waals surface area contributed by atoms with Crippen molar-refractivity contribution in [2.75, 3.05) is 13.2 Å². The van der Waals surface area contributed by atoms with Crippen LogP contribution < -0.4 is 0 Å². The first-order valence-corrected chi connectivity index (χ1v) is 12.0. The molecular weight excluding hydrogens is 438 g/mol. The molecule has 0 spiro atoms. The first-order valence-electron chi connectivity index (χ1n) is 10.5. The fourth-order valence-corrected chi connectivity index (χ4v) is 5.64. The Kier molecular flexibility index (Phi) is 6.30. The number of sulfonamides is 1. The molecule has 6 nitrogen and oxygen atoms in total. The van der Waals surface area contributed by atoms with E-state index in [0.717, 1.165) is 28.9 Å². The van der Waals surface area contributed by atoms with Gasteiger partial charge in [-0.15, -0.1) is 0 Å². The molecule has 2 heterocycles. The Labute approximate surface area is 185 Å². The number of hydrogen-bond donors (Lipinski definition) is 0. The summed E-state index contributed by atoms with van der Waals surface area (Å²) in [6, 6.07) is 9.22. The van der Waals surface area contributed by atoms with Crippen molar-refractivity contribution in [3.63, 3.8) is 0 Å². The third-order valence-corrected chi connectivity index (χ3v) is 7.56. The third-order valence-electron chi connectivity index (χ3n) is 5.70. The molecule has 3 aromatic rings. The van der Waals surface area contributed by atoms with Gasteiger partial charge in [-0.05, 0) is 61.4 Å². The topological polar surface area (TPSA) is 68.6 Å². The zero-order valence-electron chi connectivity index (χ0n) is 17.7. The minimum absolute atomic E-state index is 0.0201. The number of carbonyl (C=O) groups excluding carboxylic acids is 1. The molecule has 0 amide bonds. The molecule has 0 saturated carbocycles. The van der Waals surface area contributed by atoms with Gasteiger partial charge in [-0.3, -0.25) is 4.79 Å². The fraction of sp³-hybridized carbons (Fsp3) is 0.348. The van der Waals surface area contributed by atoms with E-state index in [1.165, 1.54) is 28.6 Å². The lowest BCUT2D eigenvalue weighted by atomic mass is 10.1. The Balaban J connectivity index is 1.66. The van der Waals surface area contributed by atoms with E-state index >= 15 is 0 Å². The fourth-order valence-electron chi connectivity index (χ4n) is 4.23. The molecule has 0 bridgehead atoms. The second-order valence-corrected chi connectivity index (χ2v) is 9.63. The summed E-state index contributed by atoms with van der Waals surface area (Å²) in [4.78, 5) is 11.7. The van der Waals surface area contributed by atoms with Crippen molar-refractivity contribution in [2.45, 2.75) is 44.2 Å². The summed E-state index contributed by atoms with van der Waals surface area (Å²) < 4.78 is 61.9. The molecule has 0 saturated heterocycles. The van der Waals surface area contributed by atoms with Crippen LogP contribution in [0.2, 0.25) is 0 Å². The van der Waals surface area contributed by atoms with E-state index in [2.05, 4.69) is 0 Å². The van der Waals surface area contributed by atoms with E-state index in [4.69, 9.17) is 4.74 Å². The molecule has 1 aromatic heterocycles. The van der Waals surface area contributed by atoms with Crippen LogP contribution in [0, 0.1) is 11.6 Å². The van der Waals surface area contributed by atoms with Gasteiger partial charge < -0.3 is 9.30 Å². The van der Waals surface area contributed by atoms with Gasteiger partial charge in [0.25, 0.3) is 0 Å². The molecule has 9 heteroatoms. The number of carbonyl (C=O) groups is 1. The van der Waals surface area contributed by atoms with Gasteiger partial charge in [-0.25, -0.2) is 17.2 Å². The summed E-state index contributed by atoms with van der Waals surface area (Å²) in [5, 5.41) is 0.662. The molecular formula is C23H24F2N2O4S. The number of aryl methyl sites for hydroxylation is 1. The summed E-state index contributed by atoms with van der Waals surface area (Å²) in [5.74, 6) is -1.17. The molecule has 0 N–H and O–H groups in total. The normalized spacial score (nSPS) is 14.5. The van der Waals surface area contributed by atoms with Crippen LogP contribution in [-0.2, 0) is 39.1 Å². The smallest absolute Gasteiger partial charge is 0.305 e. The Morgan fingerprint density at radius 2 is 1.81 bits per heavy atom. The molecule has 0 aliphatic carbocycles. The van der Waals surface area contributed by atoms with Gasteiger partial charge in [-0.1, -0.05) is 0 Å². The number of benzene rings is 2. The maximum Gasteiger partial charge on any atom is 0.305 e. The lowest BCUT2D eigenvalue weighted by Crippen LogP contribution is -2.36. The number of esters is 1. The molecule has 0 unspecified atom stereocenters. The van der Waals surface area contributed by atoms with Gasteiger partial charge in [0.1, 0.15) is 11.6 Å². The van der Waals surface area contributed by atoms with Gasteiger partial charge in [0.2, 0.25) is 10.0 Å². The minimum Gasteiger partial charge on any atom is -0.466 e.